The number of anilines is 1. The van der Waals surface area contributed by atoms with E-state index in [0.717, 1.165) is 22.1 Å². The number of hydrogen-bond acceptors (Lipinski definition) is 8. The molecule has 5 atom stereocenters. The first-order valence-electron chi connectivity index (χ1n) is 11.6. The molecule has 1 aromatic carbocycles. The van der Waals surface area contributed by atoms with Crippen molar-refractivity contribution >= 4 is 27.6 Å². The van der Waals surface area contributed by atoms with E-state index in [-0.39, 0.29) is 11.8 Å². The maximum absolute atomic E-state index is 12.7. The van der Waals surface area contributed by atoms with Gasteiger partial charge in [-0.05, 0) is 43.7 Å². The third-order valence-corrected chi connectivity index (χ3v) is 7.84. The van der Waals surface area contributed by atoms with Crippen LogP contribution in [0, 0.1) is 11.8 Å². The second-order valence-electron chi connectivity index (χ2n) is 8.93. The first kappa shape index (κ1) is 24.9. The second kappa shape index (κ2) is 9.43. The van der Waals surface area contributed by atoms with Crippen LogP contribution in [-0.2, 0) is 24.6 Å². The lowest BCUT2D eigenvalue weighted by Crippen LogP contribution is -2.69. The van der Waals surface area contributed by atoms with Crippen LogP contribution in [0.1, 0.15) is 32.3 Å². The second-order valence-corrected chi connectivity index (χ2v) is 9.85. The molecule has 8 nitrogen and oxygen atoms in total. The number of esters is 1. The lowest BCUT2D eigenvalue weighted by Gasteiger charge is -2.56. The highest BCUT2D eigenvalue weighted by Crippen LogP contribution is 2.58. The van der Waals surface area contributed by atoms with Gasteiger partial charge in [0.05, 0.1) is 44.8 Å². The van der Waals surface area contributed by atoms with Crippen LogP contribution < -0.4 is 10.1 Å². The summed E-state index contributed by atoms with van der Waals surface area (Å²) in [7, 11) is 4.51. The molecule has 1 saturated heterocycles. The minimum atomic E-state index is -1.50. The molecule has 0 aliphatic carbocycles. The quantitative estimate of drug-likeness (QED) is 0.309. The number of fused-ring (bicyclic) bond motifs is 5. The lowest BCUT2D eigenvalue weighted by molar-refractivity contribution is -0.187. The first-order valence-corrected chi connectivity index (χ1v) is 12.4. The molecule has 4 rings (SSSR count). The zero-order valence-electron chi connectivity index (χ0n) is 20.3. The van der Waals surface area contributed by atoms with Crippen molar-refractivity contribution in [3.05, 3.63) is 46.3 Å². The Bertz CT molecular complexity index is 1010. The van der Waals surface area contributed by atoms with Gasteiger partial charge in [-0.1, -0.05) is 29.3 Å². The summed E-state index contributed by atoms with van der Waals surface area (Å²) < 4.78 is 23.2. The fraction of sp³-hybridized carbons (Fsp3) is 0.560. The summed E-state index contributed by atoms with van der Waals surface area (Å²) in [5.41, 5.74) is -0.687. The third-order valence-electron chi connectivity index (χ3n) is 7.39. The summed E-state index contributed by atoms with van der Waals surface area (Å²) in [6, 6.07) is 3.41. The van der Waals surface area contributed by atoms with Gasteiger partial charge in [-0.15, -0.1) is 0 Å². The Kier molecular flexibility index (Phi) is 6.90. The number of carbonyl (C=O) groups excluding carboxylic acids is 1. The van der Waals surface area contributed by atoms with Gasteiger partial charge in [0.1, 0.15) is 5.75 Å². The molecule has 3 aliphatic rings. The fourth-order valence-electron chi connectivity index (χ4n) is 5.91. The molecule has 3 heterocycles. The topological polar surface area (TPSA) is 89.5 Å². The molecule has 0 spiro atoms. The van der Waals surface area contributed by atoms with Crippen LogP contribution in [0.2, 0.25) is 0 Å². The highest BCUT2D eigenvalue weighted by Gasteiger charge is 2.66. The molecule has 0 unspecified atom stereocenters. The number of nitrogens with one attached hydrogen (secondary N) is 1. The largest absolute Gasteiger partial charge is 0.504 e. The first-order chi connectivity index (χ1) is 16.3. The number of rotatable bonds is 7. The van der Waals surface area contributed by atoms with Crippen LogP contribution in [0.25, 0.3) is 0 Å². The van der Waals surface area contributed by atoms with Crippen LogP contribution in [0.4, 0.5) is 5.69 Å². The molecule has 0 amide bonds. The fourth-order valence-corrected chi connectivity index (χ4v) is 6.35. The third kappa shape index (κ3) is 3.60. The zero-order valence-corrected chi connectivity index (χ0v) is 21.8. The molecule has 1 fully saturated rings. The van der Waals surface area contributed by atoms with Gasteiger partial charge in [0.25, 0.3) is 0 Å². The van der Waals surface area contributed by atoms with Crippen molar-refractivity contribution in [1.29, 1.82) is 0 Å². The number of benzene rings is 1. The maximum Gasteiger partial charge on any atom is 0.337 e. The van der Waals surface area contributed by atoms with Crippen molar-refractivity contribution in [3.63, 3.8) is 0 Å². The molecule has 3 aliphatic heterocycles. The Hall–Kier alpha value is -2.23. The number of aliphatic hydroxyl groups is 1. The van der Waals surface area contributed by atoms with Crippen LogP contribution in [0.15, 0.2) is 40.7 Å². The molecule has 0 saturated carbocycles. The van der Waals surface area contributed by atoms with Gasteiger partial charge in [0.2, 0.25) is 0 Å². The molecule has 0 radical (unpaired) electrons. The molecule has 1 aromatic rings. The molecule has 0 bridgehead atoms. The summed E-state index contributed by atoms with van der Waals surface area (Å²) in [6.07, 6.45) is 6.79. The molecule has 2 N–H and O–H groups in total. The molecule has 186 valence electrons. The number of hydrogen-bond donors (Lipinski definition) is 2. The van der Waals surface area contributed by atoms with E-state index in [1.165, 1.54) is 20.5 Å². The monoisotopic (exact) mass is 536 g/mol. The average molecular weight is 537 g/mol. The number of methoxy groups -OCH3 is 3. The van der Waals surface area contributed by atoms with Crippen molar-refractivity contribution in [2.24, 2.45) is 11.8 Å². The van der Waals surface area contributed by atoms with Crippen LogP contribution >= 0.6 is 15.9 Å². The van der Waals surface area contributed by atoms with E-state index in [9.17, 15) is 9.90 Å². The Labute approximate surface area is 209 Å². The molecule has 0 aromatic heterocycles. The number of ether oxygens (including phenoxy) is 4. The standard InChI is InChI=1S/C25H33BrN2O6/c1-6-15-13-28-9-8-24(34-7-2)22-19(10-16(26)11-20(22)32-4)27-25(24,30)21(28)12-17(15)18(14-31-3)23(29)33-5/h8-11,14-15,17,21,27,30H,6-7,12-13H2,1-5H3/b18-14+/t15-,17+,21+,24+,25+/m1/s1. The van der Waals surface area contributed by atoms with Crippen molar-refractivity contribution in [2.75, 3.05) is 39.8 Å². The van der Waals surface area contributed by atoms with Gasteiger partial charge in [-0.25, -0.2) is 4.79 Å². The Morgan fingerprint density at radius 1 is 1.32 bits per heavy atom. The number of nitrogens with zero attached hydrogens (tertiary/aromatic N) is 1. The SMILES string of the molecule is CCO[C@]12C=CN3C[C@@H](CC)[C@@H](/C(=C\OC)C(=O)OC)C[C@H]3[C@@]1(O)Nc1cc(Br)cc(OC)c12. The van der Waals surface area contributed by atoms with Gasteiger partial charge >= 0.3 is 5.97 Å². The summed E-state index contributed by atoms with van der Waals surface area (Å²) in [4.78, 5) is 14.8. The average Bonchev–Trinajstić information content (AvgIpc) is 3.09. The number of carbonyl (C=O) groups is 1. The molecular formula is C25H33BrN2O6. The van der Waals surface area contributed by atoms with E-state index in [2.05, 4.69) is 33.1 Å². The maximum atomic E-state index is 12.7. The number of halogens is 1. The van der Waals surface area contributed by atoms with Gasteiger partial charge in [0, 0.05) is 29.2 Å². The van der Waals surface area contributed by atoms with Crippen molar-refractivity contribution < 1.29 is 28.8 Å². The zero-order chi connectivity index (χ0) is 24.7. The van der Waals surface area contributed by atoms with Gasteiger partial charge in [-0.2, -0.15) is 0 Å². The summed E-state index contributed by atoms with van der Waals surface area (Å²) in [5, 5.41) is 15.8. The predicted octanol–water partition coefficient (Wildman–Crippen LogP) is 3.75. The van der Waals surface area contributed by atoms with Crippen molar-refractivity contribution in [3.8, 4) is 5.75 Å². The smallest absolute Gasteiger partial charge is 0.337 e. The summed E-state index contributed by atoms with van der Waals surface area (Å²) >= 11 is 3.54. The van der Waals surface area contributed by atoms with Crippen LogP contribution in [0.5, 0.6) is 5.75 Å². The molecule has 34 heavy (non-hydrogen) atoms. The van der Waals surface area contributed by atoms with Gasteiger partial charge in [0.15, 0.2) is 11.3 Å². The van der Waals surface area contributed by atoms with Gasteiger partial charge < -0.3 is 34.3 Å². The van der Waals surface area contributed by atoms with Crippen molar-refractivity contribution in [1.82, 2.24) is 4.90 Å². The van der Waals surface area contributed by atoms with Crippen molar-refractivity contribution in [2.45, 2.75) is 44.1 Å². The molecular weight excluding hydrogens is 504 g/mol. The van der Waals surface area contributed by atoms with Gasteiger partial charge in [-0.3, -0.25) is 0 Å². The Morgan fingerprint density at radius 3 is 2.71 bits per heavy atom. The van der Waals surface area contributed by atoms with Crippen LogP contribution in [0.3, 0.4) is 0 Å². The minimum Gasteiger partial charge on any atom is -0.504 e. The van der Waals surface area contributed by atoms with E-state index in [0.29, 0.717) is 30.9 Å². The highest BCUT2D eigenvalue weighted by molar-refractivity contribution is 9.10. The minimum absolute atomic E-state index is 0.160. The predicted molar refractivity (Wildman–Crippen MR) is 131 cm³/mol. The normalized spacial score (nSPS) is 31.8. The highest BCUT2D eigenvalue weighted by atomic mass is 79.9. The van der Waals surface area contributed by atoms with Crippen LogP contribution in [-0.4, -0.2) is 62.2 Å². The van der Waals surface area contributed by atoms with E-state index in [1.54, 1.807) is 7.11 Å². The Balaban J connectivity index is 1.84. The van der Waals surface area contributed by atoms with E-state index < -0.39 is 23.3 Å². The van der Waals surface area contributed by atoms with E-state index >= 15 is 0 Å². The Morgan fingerprint density at radius 2 is 2.09 bits per heavy atom. The molecule has 9 heteroatoms. The van der Waals surface area contributed by atoms with E-state index in [1.807, 2.05) is 31.3 Å². The van der Waals surface area contributed by atoms with E-state index in [4.69, 9.17) is 18.9 Å². The summed E-state index contributed by atoms with van der Waals surface area (Å²) in [6.45, 7) is 5.08. The number of piperidine rings is 1. The summed E-state index contributed by atoms with van der Waals surface area (Å²) in [5.74, 6) is 0.221. The lowest BCUT2D eigenvalue weighted by atomic mass is 9.69.